The maximum atomic E-state index is 12.0. The van der Waals surface area contributed by atoms with Gasteiger partial charge in [-0.05, 0) is 71.2 Å². The Labute approximate surface area is 166 Å². The first-order valence-corrected chi connectivity index (χ1v) is 9.88. The van der Waals surface area contributed by atoms with Crippen LogP contribution in [0.1, 0.15) is 53.4 Å². The van der Waals surface area contributed by atoms with E-state index in [-0.39, 0.29) is 35.2 Å². The molecular weight excluding hydrogens is 362 g/mol. The molecule has 148 valence electrons. The summed E-state index contributed by atoms with van der Waals surface area (Å²) in [7, 11) is 0. The fourth-order valence-electron chi connectivity index (χ4n) is 3.74. The van der Waals surface area contributed by atoms with Gasteiger partial charge in [0.15, 0.2) is 5.11 Å². The van der Waals surface area contributed by atoms with E-state index < -0.39 is 0 Å². The Morgan fingerprint density at radius 1 is 1.48 bits per heavy atom. The molecular formula is C20H29N3O3S. The first-order valence-electron chi connectivity index (χ1n) is 9.47. The van der Waals surface area contributed by atoms with Crippen molar-refractivity contribution in [3.63, 3.8) is 0 Å². The predicted molar refractivity (Wildman–Crippen MR) is 109 cm³/mol. The molecule has 0 aromatic heterocycles. The van der Waals surface area contributed by atoms with Crippen molar-refractivity contribution in [3.8, 4) is 0 Å². The number of nitrogens with zero attached hydrogens (tertiary/aromatic N) is 1. The number of carbonyl (C=O) groups excluding carboxylic acids is 1. The Balaban J connectivity index is 1.66. The third-order valence-corrected chi connectivity index (χ3v) is 5.46. The van der Waals surface area contributed by atoms with Crippen LogP contribution in [0.5, 0.6) is 0 Å². The molecule has 4 atom stereocenters. The van der Waals surface area contributed by atoms with Crippen molar-refractivity contribution in [1.29, 1.82) is 0 Å². The summed E-state index contributed by atoms with van der Waals surface area (Å²) in [6.07, 6.45) is 7.13. The topological polar surface area (TPSA) is 75.2 Å². The number of thiocarbonyl (C=S) groups is 1. The fourth-order valence-corrected chi connectivity index (χ4v) is 4.10. The summed E-state index contributed by atoms with van der Waals surface area (Å²) in [5.41, 5.74) is 4.19. The van der Waals surface area contributed by atoms with Crippen LogP contribution in [0, 0.1) is 5.92 Å². The van der Waals surface area contributed by atoms with Crippen molar-refractivity contribution >= 4 is 29.5 Å². The van der Waals surface area contributed by atoms with Crippen LogP contribution in [0.25, 0.3) is 0 Å². The quantitative estimate of drug-likeness (QED) is 0.188. The Bertz CT molecular complexity index is 710. The van der Waals surface area contributed by atoms with E-state index in [1.807, 2.05) is 20.8 Å². The van der Waals surface area contributed by atoms with E-state index in [9.17, 15) is 4.79 Å². The number of esters is 1. The first kappa shape index (κ1) is 20.0. The molecule has 6 nitrogen and oxygen atoms in total. The standard InChI is InChI=1S/C20H29N3O3S/c1-12-14-9-8-13(11-21-23-18(27)22-19(2,3)4)7-6-10-20(5)16(26-20)15(14)25-17(12)24/h7,11,14-16H,1,6,8-10H2,2-5H3,(H2,22,23,27)/b13-7+,21-11+/t14-,15-,16-,20+/m0/s1. The Kier molecular flexibility index (Phi) is 5.45. The predicted octanol–water partition coefficient (Wildman–Crippen LogP) is 2.99. The Morgan fingerprint density at radius 3 is 2.93 bits per heavy atom. The summed E-state index contributed by atoms with van der Waals surface area (Å²) in [5.74, 6) is -0.294. The van der Waals surface area contributed by atoms with E-state index in [0.29, 0.717) is 10.7 Å². The van der Waals surface area contributed by atoms with Gasteiger partial charge in [-0.15, -0.1) is 0 Å². The van der Waals surface area contributed by atoms with Gasteiger partial charge in [0.2, 0.25) is 0 Å². The molecule has 0 radical (unpaired) electrons. The number of hydrogen-bond donors (Lipinski definition) is 2. The highest BCUT2D eigenvalue weighted by molar-refractivity contribution is 7.80. The molecule has 0 amide bonds. The van der Waals surface area contributed by atoms with Gasteiger partial charge in [0.1, 0.15) is 12.2 Å². The van der Waals surface area contributed by atoms with Crippen LogP contribution in [0.15, 0.2) is 28.9 Å². The molecule has 0 spiro atoms. The van der Waals surface area contributed by atoms with Crippen molar-refractivity contribution in [1.82, 2.24) is 10.7 Å². The third-order valence-electron chi connectivity index (χ3n) is 5.26. The lowest BCUT2D eigenvalue weighted by atomic mass is 9.84. The minimum absolute atomic E-state index is 0.00387. The average Bonchev–Trinajstić information content (AvgIpc) is 3.13. The highest BCUT2D eigenvalue weighted by atomic mass is 32.1. The number of hydrogen-bond acceptors (Lipinski definition) is 5. The van der Waals surface area contributed by atoms with E-state index in [4.69, 9.17) is 21.7 Å². The van der Waals surface area contributed by atoms with Crippen molar-refractivity contribution in [2.45, 2.75) is 76.7 Å². The van der Waals surface area contributed by atoms with E-state index in [1.54, 1.807) is 6.21 Å². The SMILES string of the molecule is C=C1C(=O)O[C@H]2[C@H]1CCC(/C=N/NC(=S)NC(C)(C)C)=C\CC[C@@]1(C)O[C@@H]21. The molecule has 0 aromatic carbocycles. The van der Waals surface area contributed by atoms with Crippen LogP contribution >= 0.6 is 12.2 Å². The molecule has 3 rings (SSSR count). The molecule has 2 fully saturated rings. The number of rotatable bonds is 2. The van der Waals surface area contributed by atoms with Gasteiger partial charge in [0, 0.05) is 17.0 Å². The van der Waals surface area contributed by atoms with Crippen molar-refractivity contribution < 1.29 is 14.3 Å². The number of allylic oxidation sites excluding steroid dienone is 2. The van der Waals surface area contributed by atoms with Gasteiger partial charge in [0.25, 0.3) is 0 Å². The number of epoxide rings is 1. The van der Waals surface area contributed by atoms with Crippen LogP contribution in [0.2, 0.25) is 0 Å². The molecule has 1 aliphatic carbocycles. The van der Waals surface area contributed by atoms with Gasteiger partial charge in [-0.2, -0.15) is 5.10 Å². The van der Waals surface area contributed by atoms with E-state index in [1.165, 1.54) is 0 Å². The Hall–Kier alpha value is -1.73. The number of nitrogens with one attached hydrogen (secondary N) is 2. The van der Waals surface area contributed by atoms with Crippen LogP contribution in [-0.4, -0.2) is 40.6 Å². The van der Waals surface area contributed by atoms with Crippen LogP contribution < -0.4 is 10.7 Å². The molecule has 2 N–H and O–H groups in total. The lowest BCUT2D eigenvalue weighted by Crippen LogP contribution is -2.44. The minimum Gasteiger partial charge on any atom is -0.455 e. The monoisotopic (exact) mass is 391 g/mol. The zero-order valence-corrected chi connectivity index (χ0v) is 17.3. The number of ether oxygens (including phenoxy) is 2. The molecule has 0 unspecified atom stereocenters. The summed E-state index contributed by atoms with van der Waals surface area (Å²) in [6.45, 7) is 12.1. The highest BCUT2D eigenvalue weighted by Crippen LogP contribution is 2.49. The summed E-state index contributed by atoms with van der Waals surface area (Å²) in [5, 5.41) is 7.92. The molecule has 0 bridgehead atoms. The second kappa shape index (κ2) is 7.36. The van der Waals surface area contributed by atoms with Crippen molar-refractivity contribution in [3.05, 3.63) is 23.8 Å². The summed E-state index contributed by atoms with van der Waals surface area (Å²) in [4.78, 5) is 12.0. The molecule has 7 heteroatoms. The van der Waals surface area contributed by atoms with Gasteiger partial charge in [-0.25, -0.2) is 4.79 Å². The number of carbonyl (C=O) groups is 1. The smallest absolute Gasteiger partial charge is 0.334 e. The molecule has 2 saturated heterocycles. The van der Waals surface area contributed by atoms with Gasteiger partial charge >= 0.3 is 5.97 Å². The Morgan fingerprint density at radius 2 is 2.22 bits per heavy atom. The van der Waals surface area contributed by atoms with Gasteiger partial charge < -0.3 is 14.8 Å². The first-order chi connectivity index (χ1) is 12.6. The van der Waals surface area contributed by atoms with Gasteiger partial charge in [0.05, 0.1) is 11.8 Å². The average molecular weight is 392 g/mol. The highest BCUT2D eigenvalue weighted by Gasteiger charge is 2.61. The van der Waals surface area contributed by atoms with Crippen LogP contribution in [0.4, 0.5) is 0 Å². The third kappa shape index (κ3) is 4.76. The molecule has 3 aliphatic rings. The van der Waals surface area contributed by atoms with Crippen molar-refractivity contribution in [2.75, 3.05) is 0 Å². The summed E-state index contributed by atoms with van der Waals surface area (Å²) < 4.78 is 11.5. The zero-order valence-electron chi connectivity index (χ0n) is 16.5. The maximum absolute atomic E-state index is 12.0. The van der Waals surface area contributed by atoms with Gasteiger partial charge in [-0.3, -0.25) is 5.43 Å². The fraction of sp³-hybridized carbons (Fsp3) is 0.650. The molecule has 27 heavy (non-hydrogen) atoms. The molecule has 2 heterocycles. The second-order valence-electron chi connectivity index (χ2n) is 8.78. The molecule has 0 saturated carbocycles. The summed E-state index contributed by atoms with van der Waals surface area (Å²) in [6, 6.07) is 0. The largest absolute Gasteiger partial charge is 0.455 e. The van der Waals surface area contributed by atoms with Crippen LogP contribution in [-0.2, 0) is 14.3 Å². The zero-order chi connectivity index (χ0) is 19.8. The van der Waals surface area contributed by atoms with E-state index in [0.717, 1.165) is 31.3 Å². The summed E-state index contributed by atoms with van der Waals surface area (Å²) >= 11 is 5.24. The lowest BCUT2D eigenvalue weighted by Gasteiger charge is -2.21. The molecule has 0 aromatic rings. The van der Waals surface area contributed by atoms with Gasteiger partial charge in [-0.1, -0.05) is 12.7 Å². The number of hydrazone groups is 1. The van der Waals surface area contributed by atoms with Crippen molar-refractivity contribution in [2.24, 2.45) is 11.0 Å². The minimum atomic E-state index is -0.290. The number of fused-ring (bicyclic) bond motifs is 3. The maximum Gasteiger partial charge on any atom is 0.334 e. The lowest BCUT2D eigenvalue weighted by molar-refractivity contribution is -0.140. The van der Waals surface area contributed by atoms with Crippen LogP contribution in [0.3, 0.4) is 0 Å². The molecule has 2 aliphatic heterocycles. The normalized spacial score (nSPS) is 35.6. The second-order valence-corrected chi connectivity index (χ2v) is 9.19. The van der Waals surface area contributed by atoms with E-state index in [2.05, 4.69) is 35.4 Å². The van der Waals surface area contributed by atoms with E-state index >= 15 is 0 Å².